The number of phenols is 1. The summed E-state index contributed by atoms with van der Waals surface area (Å²) in [7, 11) is 5.45. The summed E-state index contributed by atoms with van der Waals surface area (Å²) in [5, 5.41) is 9.23. The summed E-state index contributed by atoms with van der Waals surface area (Å²) in [6.07, 6.45) is 5.85. The lowest BCUT2D eigenvalue weighted by molar-refractivity contribution is -0.121. The number of methoxy groups -OCH3 is 1. The van der Waals surface area contributed by atoms with Crippen molar-refractivity contribution in [2.45, 2.75) is 6.42 Å². The lowest BCUT2D eigenvalue weighted by Gasteiger charge is -2.16. The molecule has 2 aromatic carbocycles. The average Bonchev–Trinajstić information content (AvgIpc) is 2.65. The summed E-state index contributed by atoms with van der Waals surface area (Å²) in [5.74, 6) is 0.320. The molecule has 0 fully saturated rings. The number of nitrogens with zero attached hydrogens (tertiary/aromatic N) is 1. The molecule has 0 unspecified atom stereocenters. The SMILES string of the molecule is COc1cc(C=CC(=O)CC(=O)C=Cc2ccc(O)cc2)ccc1N(C)C. The first-order valence-corrected chi connectivity index (χ1v) is 8.45. The number of carbonyl (C=O) groups excluding carboxylic acids is 2. The summed E-state index contributed by atoms with van der Waals surface area (Å²) < 4.78 is 5.36. The van der Waals surface area contributed by atoms with Crippen molar-refractivity contribution in [2.24, 2.45) is 0 Å². The van der Waals surface area contributed by atoms with Crippen LogP contribution in [-0.2, 0) is 9.59 Å². The molecule has 0 spiro atoms. The molecule has 0 atom stereocenters. The second-order valence-corrected chi connectivity index (χ2v) is 6.19. The van der Waals surface area contributed by atoms with E-state index in [0.717, 1.165) is 16.8 Å². The van der Waals surface area contributed by atoms with Crippen molar-refractivity contribution in [1.82, 2.24) is 0 Å². The Bertz CT molecular complexity index is 864. The molecule has 0 aliphatic heterocycles. The van der Waals surface area contributed by atoms with Gasteiger partial charge in [0.2, 0.25) is 0 Å². The molecule has 0 radical (unpaired) electrons. The Hall–Kier alpha value is -3.34. The van der Waals surface area contributed by atoms with Crippen LogP contribution in [0, 0.1) is 0 Å². The highest BCUT2D eigenvalue weighted by Gasteiger charge is 2.06. The molecule has 0 aliphatic carbocycles. The first-order chi connectivity index (χ1) is 12.9. The third kappa shape index (κ3) is 6.15. The number of hydrogen-bond acceptors (Lipinski definition) is 5. The first-order valence-electron chi connectivity index (χ1n) is 8.45. The van der Waals surface area contributed by atoms with E-state index in [-0.39, 0.29) is 23.7 Å². The molecule has 0 aliphatic rings. The molecule has 0 aromatic heterocycles. The van der Waals surface area contributed by atoms with Crippen LogP contribution in [0.2, 0.25) is 0 Å². The van der Waals surface area contributed by atoms with E-state index in [0.29, 0.717) is 5.75 Å². The van der Waals surface area contributed by atoms with Crippen molar-refractivity contribution in [3.05, 3.63) is 65.7 Å². The van der Waals surface area contributed by atoms with Crippen LogP contribution in [0.3, 0.4) is 0 Å². The summed E-state index contributed by atoms with van der Waals surface area (Å²) >= 11 is 0. The molecule has 140 valence electrons. The van der Waals surface area contributed by atoms with E-state index in [1.807, 2.05) is 37.2 Å². The minimum atomic E-state index is -0.279. The third-order valence-electron chi connectivity index (χ3n) is 3.85. The van der Waals surface area contributed by atoms with Gasteiger partial charge < -0.3 is 14.7 Å². The van der Waals surface area contributed by atoms with Crippen LogP contribution in [0.25, 0.3) is 12.2 Å². The van der Waals surface area contributed by atoms with Crippen molar-refractivity contribution in [3.8, 4) is 11.5 Å². The van der Waals surface area contributed by atoms with Crippen molar-refractivity contribution >= 4 is 29.4 Å². The van der Waals surface area contributed by atoms with Crippen LogP contribution in [-0.4, -0.2) is 37.9 Å². The number of rotatable bonds is 8. The van der Waals surface area contributed by atoms with Crippen LogP contribution in [0.15, 0.2) is 54.6 Å². The molecule has 5 nitrogen and oxygen atoms in total. The first kappa shape index (κ1) is 20.0. The Labute approximate surface area is 159 Å². The molecule has 2 aromatic rings. The maximum absolute atomic E-state index is 12.0. The quantitative estimate of drug-likeness (QED) is 0.570. The van der Waals surface area contributed by atoms with Gasteiger partial charge in [0.15, 0.2) is 11.6 Å². The van der Waals surface area contributed by atoms with Crippen LogP contribution in [0.5, 0.6) is 11.5 Å². The molecule has 0 saturated carbocycles. The van der Waals surface area contributed by atoms with E-state index in [9.17, 15) is 14.7 Å². The Kier molecular flexibility index (Phi) is 6.94. The Morgan fingerprint density at radius 2 is 1.52 bits per heavy atom. The molecule has 1 N–H and O–H groups in total. The van der Waals surface area contributed by atoms with Gasteiger partial charge >= 0.3 is 0 Å². The number of anilines is 1. The minimum Gasteiger partial charge on any atom is -0.508 e. The van der Waals surface area contributed by atoms with Crippen molar-refractivity contribution < 1.29 is 19.4 Å². The number of ether oxygens (including phenoxy) is 1. The molecule has 0 saturated heterocycles. The number of benzene rings is 2. The smallest absolute Gasteiger partial charge is 0.163 e. The molecule has 0 bridgehead atoms. The zero-order valence-corrected chi connectivity index (χ0v) is 15.7. The monoisotopic (exact) mass is 365 g/mol. The van der Waals surface area contributed by atoms with Crippen molar-refractivity contribution in [1.29, 1.82) is 0 Å². The van der Waals surface area contributed by atoms with Crippen molar-refractivity contribution in [2.75, 3.05) is 26.1 Å². The minimum absolute atomic E-state index is 0.161. The number of hydrogen-bond donors (Lipinski definition) is 1. The van der Waals surface area contributed by atoms with Crippen LogP contribution in [0.1, 0.15) is 17.5 Å². The van der Waals surface area contributed by atoms with Gasteiger partial charge in [-0.25, -0.2) is 0 Å². The number of allylic oxidation sites excluding steroid dienone is 2. The fraction of sp³-hybridized carbons (Fsp3) is 0.182. The highest BCUT2D eigenvalue weighted by molar-refractivity contribution is 6.10. The Balaban J connectivity index is 1.96. The van der Waals surface area contributed by atoms with Gasteiger partial charge in [-0.1, -0.05) is 30.4 Å². The molecular weight excluding hydrogens is 342 g/mol. The summed E-state index contributed by atoms with van der Waals surface area (Å²) in [5.41, 5.74) is 2.53. The average molecular weight is 365 g/mol. The molecule has 2 rings (SSSR count). The second kappa shape index (κ2) is 9.38. The van der Waals surface area contributed by atoms with Crippen LogP contribution in [0.4, 0.5) is 5.69 Å². The summed E-state index contributed by atoms with van der Waals surface area (Å²) in [4.78, 5) is 25.8. The van der Waals surface area contributed by atoms with Gasteiger partial charge in [0.05, 0.1) is 19.2 Å². The fourth-order valence-electron chi connectivity index (χ4n) is 2.42. The van der Waals surface area contributed by atoms with Crippen molar-refractivity contribution in [3.63, 3.8) is 0 Å². The zero-order chi connectivity index (χ0) is 19.8. The maximum atomic E-state index is 12.0. The highest BCUT2D eigenvalue weighted by Crippen LogP contribution is 2.28. The number of aromatic hydroxyl groups is 1. The van der Waals surface area contributed by atoms with Gasteiger partial charge in [-0.05, 0) is 47.5 Å². The number of ketones is 2. The van der Waals surface area contributed by atoms with E-state index >= 15 is 0 Å². The van der Waals surface area contributed by atoms with E-state index in [1.54, 1.807) is 31.4 Å². The van der Waals surface area contributed by atoms with Gasteiger partial charge in [0.1, 0.15) is 11.5 Å². The summed E-state index contributed by atoms with van der Waals surface area (Å²) in [6, 6.07) is 12.1. The third-order valence-corrected chi connectivity index (χ3v) is 3.85. The highest BCUT2D eigenvalue weighted by atomic mass is 16.5. The fourth-order valence-corrected chi connectivity index (χ4v) is 2.42. The maximum Gasteiger partial charge on any atom is 0.163 e. The standard InChI is InChI=1S/C22H23NO4/c1-23(2)21-13-8-17(14-22(21)27-3)7-12-20(26)15-19(25)11-6-16-4-9-18(24)10-5-16/h4-14,24H,15H2,1-3H3. The topological polar surface area (TPSA) is 66.8 Å². The molecule has 27 heavy (non-hydrogen) atoms. The van der Waals surface area contributed by atoms with E-state index in [4.69, 9.17) is 4.74 Å². The summed E-state index contributed by atoms with van der Waals surface area (Å²) in [6.45, 7) is 0. The predicted octanol–water partition coefficient (Wildman–Crippen LogP) is 3.72. The van der Waals surface area contributed by atoms with Gasteiger partial charge in [0, 0.05) is 14.1 Å². The van der Waals surface area contributed by atoms with E-state index in [2.05, 4.69) is 0 Å². The number of phenolic OH excluding ortho intramolecular Hbond substituents is 1. The normalized spacial score (nSPS) is 11.1. The molecule has 5 heteroatoms. The van der Waals surface area contributed by atoms with Gasteiger partial charge in [0.25, 0.3) is 0 Å². The predicted molar refractivity (Wildman–Crippen MR) is 108 cm³/mol. The van der Waals surface area contributed by atoms with Gasteiger partial charge in [-0.2, -0.15) is 0 Å². The van der Waals surface area contributed by atoms with Gasteiger partial charge in [-0.3, -0.25) is 9.59 Å². The molecule has 0 amide bonds. The lowest BCUT2D eigenvalue weighted by Crippen LogP contribution is -2.10. The molecule has 0 heterocycles. The Morgan fingerprint density at radius 1 is 0.963 bits per heavy atom. The molecular formula is C22H23NO4. The Morgan fingerprint density at radius 3 is 2.07 bits per heavy atom. The second-order valence-electron chi connectivity index (χ2n) is 6.19. The zero-order valence-electron chi connectivity index (χ0n) is 15.7. The largest absolute Gasteiger partial charge is 0.508 e. The van der Waals surface area contributed by atoms with E-state index < -0.39 is 0 Å². The van der Waals surface area contributed by atoms with Crippen LogP contribution < -0.4 is 9.64 Å². The lowest BCUT2D eigenvalue weighted by atomic mass is 10.1. The number of carbonyl (C=O) groups is 2. The van der Waals surface area contributed by atoms with Crippen LogP contribution >= 0.6 is 0 Å². The van der Waals surface area contributed by atoms with E-state index in [1.165, 1.54) is 24.3 Å². The van der Waals surface area contributed by atoms with Gasteiger partial charge in [-0.15, -0.1) is 0 Å².